The van der Waals surface area contributed by atoms with Crippen molar-refractivity contribution in [1.82, 2.24) is 9.97 Å². The third kappa shape index (κ3) is 3.06. The number of anilines is 1. The molecular formula is C14H19N3O2. The molecule has 0 aliphatic heterocycles. The lowest BCUT2D eigenvalue weighted by Gasteiger charge is -2.16. The van der Waals surface area contributed by atoms with Crippen LogP contribution in [0, 0.1) is 20.8 Å². The molecule has 1 unspecified atom stereocenters. The number of hydrogen-bond donors (Lipinski definition) is 4. The van der Waals surface area contributed by atoms with Gasteiger partial charge in [-0.3, -0.25) is 0 Å². The summed E-state index contributed by atoms with van der Waals surface area (Å²) in [6, 6.07) is 4.19. The van der Waals surface area contributed by atoms with Crippen LogP contribution in [0.2, 0.25) is 0 Å². The van der Waals surface area contributed by atoms with E-state index < -0.39 is 6.10 Å². The maximum atomic E-state index is 11.0. The average Bonchev–Trinajstić information content (AvgIpc) is 2.74. The van der Waals surface area contributed by atoms with Crippen molar-refractivity contribution in [2.24, 2.45) is 0 Å². The third-order valence-electron chi connectivity index (χ3n) is 3.12. The van der Waals surface area contributed by atoms with E-state index in [1.165, 1.54) is 11.8 Å². The number of hydrogen-bond acceptors (Lipinski definition) is 3. The van der Waals surface area contributed by atoms with Gasteiger partial charge in [0.15, 0.2) is 0 Å². The van der Waals surface area contributed by atoms with Crippen LogP contribution in [0.5, 0.6) is 0 Å². The quantitative estimate of drug-likeness (QED) is 0.677. The highest BCUT2D eigenvalue weighted by molar-refractivity contribution is 5.58. The van der Waals surface area contributed by atoms with E-state index in [-0.39, 0.29) is 5.69 Å². The predicted octanol–water partition coefficient (Wildman–Crippen LogP) is 1.77. The summed E-state index contributed by atoms with van der Waals surface area (Å²) in [6.07, 6.45) is 0.739. The molecule has 0 spiro atoms. The molecule has 0 amide bonds. The number of nitrogens with one attached hydrogen (secondary N) is 3. The minimum absolute atomic E-state index is 0.309. The monoisotopic (exact) mass is 261 g/mol. The van der Waals surface area contributed by atoms with Gasteiger partial charge in [0.25, 0.3) is 0 Å². The highest BCUT2D eigenvalue weighted by Gasteiger charge is 2.11. The van der Waals surface area contributed by atoms with Gasteiger partial charge in [0, 0.05) is 18.4 Å². The van der Waals surface area contributed by atoms with E-state index in [0.29, 0.717) is 12.2 Å². The highest BCUT2D eigenvalue weighted by atomic mass is 16.3. The molecule has 0 aliphatic carbocycles. The molecule has 19 heavy (non-hydrogen) atoms. The molecule has 5 nitrogen and oxygen atoms in total. The van der Waals surface area contributed by atoms with Gasteiger partial charge in [0.2, 0.25) is 0 Å². The fraction of sp³-hybridized carbons (Fsp3) is 0.357. The van der Waals surface area contributed by atoms with E-state index in [0.717, 1.165) is 16.8 Å². The summed E-state index contributed by atoms with van der Waals surface area (Å²) < 4.78 is 0. The molecule has 2 aromatic rings. The first kappa shape index (κ1) is 13.4. The van der Waals surface area contributed by atoms with Crippen molar-refractivity contribution in [3.8, 4) is 0 Å². The van der Waals surface area contributed by atoms with E-state index in [2.05, 4.69) is 34.3 Å². The fourth-order valence-corrected chi connectivity index (χ4v) is 2.29. The zero-order valence-corrected chi connectivity index (χ0v) is 11.4. The second-order valence-corrected chi connectivity index (χ2v) is 4.87. The van der Waals surface area contributed by atoms with Gasteiger partial charge in [-0.25, -0.2) is 4.79 Å². The van der Waals surface area contributed by atoms with E-state index in [4.69, 9.17) is 0 Å². The normalized spacial score (nSPS) is 12.4. The largest absolute Gasteiger partial charge is 0.385 e. The van der Waals surface area contributed by atoms with Crippen molar-refractivity contribution in [1.29, 1.82) is 0 Å². The summed E-state index contributed by atoms with van der Waals surface area (Å²) in [7, 11) is 0. The van der Waals surface area contributed by atoms with Crippen molar-refractivity contribution in [2.45, 2.75) is 26.9 Å². The SMILES string of the molecule is Cc1cc(C)c(NCC(O)c2c[nH]c(=O)[nH]2)c(C)c1. The maximum Gasteiger partial charge on any atom is 0.323 e. The van der Waals surface area contributed by atoms with Crippen molar-refractivity contribution in [3.05, 3.63) is 51.2 Å². The molecule has 1 heterocycles. The number of H-pyrrole nitrogens is 2. The molecule has 0 aliphatic rings. The Balaban J connectivity index is 2.09. The van der Waals surface area contributed by atoms with Crippen LogP contribution in [-0.4, -0.2) is 21.6 Å². The van der Waals surface area contributed by atoms with Gasteiger partial charge in [0.1, 0.15) is 6.10 Å². The lowest BCUT2D eigenvalue weighted by Crippen LogP contribution is -2.15. The Morgan fingerprint density at radius 1 is 1.26 bits per heavy atom. The molecule has 0 fully saturated rings. The van der Waals surface area contributed by atoms with Crippen LogP contribution in [0.15, 0.2) is 23.1 Å². The second-order valence-electron chi connectivity index (χ2n) is 4.87. The number of imidazole rings is 1. The molecule has 102 valence electrons. The zero-order chi connectivity index (χ0) is 14.0. The first-order valence-electron chi connectivity index (χ1n) is 6.24. The Bertz CT molecular complexity index is 605. The topological polar surface area (TPSA) is 80.9 Å². The molecule has 0 saturated carbocycles. The number of aromatic nitrogens is 2. The Morgan fingerprint density at radius 3 is 2.42 bits per heavy atom. The number of aromatic amines is 2. The number of aliphatic hydroxyl groups excluding tert-OH is 1. The van der Waals surface area contributed by atoms with E-state index in [9.17, 15) is 9.90 Å². The smallest absolute Gasteiger partial charge is 0.323 e. The lowest BCUT2D eigenvalue weighted by atomic mass is 10.0. The molecule has 1 aromatic carbocycles. The van der Waals surface area contributed by atoms with Gasteiger partial charge < -0.3 is 20.4 Å². The van der Waals surface area contributed by atoms with Gasteiger partial charge in [-0.15, -0.1) is 0 Å². The zero-order valence-electron chi connectivity index (χ0n) is 11.4. The Labute approximate surface area is 111 Å². The highest BCUT2D eigenvalue weighted by Crippen LogP contribution is 2.22. The minimum Gasteiger partial charge on any atom is -0.385 e. The summed E-state index contributed by atoms with van der Waals surface area (Å²) in [5.74, 6) is 0. The van der Waals surface area contributed by atoms with Crippen molar-refractivity contribution < 1.29 is 5.11 Å². The third-order valence-corrected chi connectivity index (χ3v) is 3.12. The Morgan fingerprint density at radius 2 is 1.89 bits per heavy atom. The molecule has 1 atom stereocenters. The van der Waals surface area contributed by atoms with E-state index in [1.807, 2.05) is 13.8 Å². The van der Waals surface area contributed by atoms with Crippen LogP contribution in [0.1, 0.15) is 28.5 Å². The van der Waals surface area contributed by atoms with Crippen LogP contribution in [0.25, 0.3) is 0 Å². The molecule has 4 N–H and O–H groups in total. The Hall–Kier alpha value is -2.01. The summed E-state index contributed by atoms with van der Waals surface area (Å²) in [4.78, 5) is 16.0. The number of aryl methyl sites for hydroxylation is 3. The molecule has 0 radical (unpaired) electrons. The second kappa shape index (κ2) is 5.32. The standard InChI is InChI=1S/C14H19N3O2/c1-8-4-9(2)13(10(3)5-8)15-7-12(18)11-6-16-14(19)17-11/h4-6,12,15,18H,7H2,1-3H3,(H2,16,17,19). The number of rotatable bonds is 4. The summed E-state index contributed by atoms with van der Waals surface area (Å²) >= 11 is 0. The summed E-state index contributed by atoms with van der Waals surface area (Å²) in [6.45, 7) is 6.47. The van der Waals surface area contributed by atoms with Crippen molar-refractivity contribution >= 4 is 5.69 Å². The van der Waals surface area contributed by atoms with Crippen molar-refractivity contribution in [3.63, 3.8) is 0 Å². The van der Waals surface area contributed by atoms with Crippen LogP contribution in [-0.2, 0) is 0 Å². The molecule has 0 bridgehead atoms. The van der Waals surface area contributed by atoms with Gasteiger partial charge in [-0.2, -0.15) is 0 Å². The summed E-state index contributed by atoms with van der Waals surface area (Å²) in [5, 5.41) is 13.2. The maximum absolute atomic E-state index is 11.0. The average molecular weight is 261 g/mol. The summed E-state index contributed by atoms with van der Waals surface area (Å²) in [5.41, 5.74) is 4.72. The van der Waals surface area contributed by atoms with Crippen LogP contribution < -0.4 is 11.0 Å². The number of benzene rings is 1. The first-order valence-corrected chi connectivity index (χ1v) is 6.24. The predicted molar refractivity (Wildman–Crippen MR) is 75.5 cm³/mol. The van der Waals surface area contributed by atoms with Gasteiger partial charge in [-0.1, -0.05) is 17.7 Å². The van der Waals surface area contributed by atoms with Crippen LogP contribution in [0.3, 0.4) is 0 Å². The minimum atomic E-state index is -0.751. The van der Waals surface area contributed by atoms with Crippen LogP contribution >= 0.6 is 0 Å². The Kier molecular flexibility index (Phi) is 3.76. The fourth-order valence-electron chi connectivity index (χ4n) is 2.29. The van der Waals surface area contributed by atoms with Crippen LogP contribution in [0.4, 0.5) is 5.69 Å². The molecule has 2 rings (SSSR count). The van der Waals surface area contributed by atoms with Gasteiger partial charge in [-0.05, 0) is 31.9 Å². The molecular weight excluding hydrogens is 242 g/mol. The van der Waals surface area contributed by atoms with E-state index >= 15 is 0 Å². The van der Waals surface area contributed by atoms with Crippen molar-refractivity contribution in [2.75, 3.05) is 11.9 Å². The number of aliphatic hydroxyl groups is 1. The lowest BCUT2D eigenvalue weighted by molar-refractivity contribution is 0.187. The molecule has 0 saturated heterocycles. The van der Waals surface area contributed by atoms with E-state index in [1.54, 1.807) is 0 Å². The molecule has 5 heteroatoms. The van der Waals surface area contributed by atoms with Gasteiger partial charge >= 0.3 is 5.69 Å². The molecule has 1 aromatic heterocycles. The first-order chi connectivity index (χ1) is 8.97. The van der Waals surface area contributed by atoms with Gasteiger partial charge in [0.05, 0.1) is 5.69 Å².